The molecule has 1 aromatic heterocycles. The van der Waals surface area contributed by atoms with Crippen molar-refractivity contribution in [2.45, 2.75) is 25.8 Å². The highest BCUT2D eigenvalue weighted by atomic mass is 16.7. The highest BCUT2D eigenvalue weighted by Gasteiger charge is 2.31. The quantitative estimate of drug-likeness (QED) is 0.855. The first-order valence-corrected chi connectivity index (χ1v) is 7.85. The summed E-state index contributed by atoms with van der Waals surface area (Å²) in [5.41, 5.74) is 2.65. The Labute approximate surface area is 134 Å². The molecule has 5 heteroatoms. The van der Waals surface area contributed by atoms with Gasteiger partial charge in [-0.25, -0.2) is 0 Å². The Kier molecular flexibility index (Phi) is 3.41. The van der Waals surface area contributed by atoms with Gasteiger partial charge in [-0.3, -0.25) is 9.78 Å². The fourth-order valence-electron chi connectivity index (χ4n) is 3.24. The summed E-state index contributed by atoms with van der Waals surface area (Å²) in [5, 5.41) is 0. The van der Waals surface area contributed by atoms with Gasteiger partial charge in [0.15, 0.2) is 11.5 Å². The molecule has 3 heterocycles. The zero-order valence-corrected chi connectivity index (χ0v) is 13.0. The zero-order chi connectivity index (χ0) is 15.8. The molecule has 0 radical (unpaired) electrons. The lowest BCUT2D eigenvalue weighted by Crippen LogP contribution is -2.30. The van der Waals surface area contributed by atoms with Crippen molar-refractivity contribution in [3.63, 3.8) is 0 Å². The van der Waals surface area contributed by atoms with E-state index in [9.17, 15) is 4.79 Å². The van der Waals surface area contributed by atoms with Crippen LogP contribution in [-0.2, 0) is 0 Å². The van der Waals surface area contributed by atoms with E-state index in [2.05, 4.69) is 4.98 Å². The Bertz CT molecular complexity index is 742. The van der Waals surface area contributed by atoms with E-state index in [1.807, 2.05) is 42.2 Å². The minimum absolute atomic E-state index is 0.0395. The van der Waals surface area contributed by atoms with Gasteiger partial charge in [-0.1, -0.05) is 6.07 Å². The van der Waals surface area contributed by atoms with E-state index >= 15 is 0 Å². The number of aromatic nitrogens is 1. The van der Waals surface area contributed by atoms with Gasteiger partial charge in [0, 0.05) is 18.4 Å². The fourth-order valence-corrected chi connectivity index (χ4v) is 3.24. The predicted molar refractivity (Wildman–Crippen MR) is 84.6 cm³/mol. The Morgan fingerprint density at radius 3 is 2.91 bits per heavy atom. The van der Waals surface area contributed by atoms with Crippen molar-refractivity contribution in [3.05, 3.63) is 53.3 Å². The van der Waals surface area contributed by atoms with Crippen LogP contribution in [0.2, 0.25) is 0 Å². The van der Waals surface area contributed by atoms with Crippen molar-refractivity contribution < 1.29 is 14.3 Å². The fraction of sp³-hybridized carbons (Fsp3) is 0.333. The monoisotopic (exact) mass is 310 g/mol. The van der Waals surface area contributed by atoms with Crippen LogP contribution in [0.25, 0.3) is 0 Å². The van der Waals surface area contributed by atoms with Crippen LogP contribution in [0.15, 0.2) is 36.5 Å². The maximum atomic E-state index is 12.8. The van der Waals surface area contributed by atoms with E-state index in [1.54, 1.807) is 6.20 Å². The predicted octanol–water partition coefficient (Wildman–Crippen LogP) is 3.10. The minimum atomic E-state index is 0.0395. The van der Waals surface area contributed by atoms with Crippen molar-refractivity contribution in [3.8, 4) is 11.5 Å². The number of hydrogen-bond donors (Lipinski definition) is 0. The third-order valence-corrected chi connectivity index (χ3v) is 4.45. The molecule has 2 aliphatic heterocycles. The number of nitrogens with zero attached hydrogens (tertiary/aromatic N) is 2. The molecule has 0 aliphatic carbocycles. The molecule has 1 unspecified atom stereocenters. The summed E-state index contributed by atoms with van der Waals surface area (Å²) < 4.78 is 10.8. The molecule has 1 aromatic carbocycles. The normalized spacial score (nSPS) is 19.2. The lowest BCUT2D eigenvalue weighted by Gasteiger charge is -2.25. The number of carbonyl (C=O) groups is 1. The molecule has 23 heavy (non-hydrogen) atoms. The molecule has 0 N–H and O–H groups in total. The molecular formula is C18H18N2O3. The summed E-state index contributed by atoms with van der Waals surface area (Å²) in [7, 11) is 0. The maximum absolute atomic E-state index is 12.8. The number of aryl methyl sites for hydroxylation is 1. The Morgan fingerprint density at radius 2 is 2.09 bits per heavy atom. The van der Waals surface area contributed by atoms with Gasteiger partial charge >= 0.3 is 0 Å². The summed E-state index contributed by atoms with van der Waals surface area (Å²) >= 11 is 0. The standard InChI is InChI=1S/C18H18N2O3/c1-12-4-5-14(10-19-12)18(21)20-8-2-3-15(20)13-6-7-16-17(9-13)23-11-22-16/h4-7,9-10,15H,2-3,8,11H2,1H3. The van der Waals surface area contributed by atoms with E-state index in [4.69, 9.17) is 9.47 Å². The van der Waals surface area contributed by atoms with Gasteiger partial charge in [-0.05, 0) is 49.6 Å². The minimum Gasteiger partial charge on any atom is -0.454 e. The van der Waals surface area contributed by atoms with Crippen LogP contribution in [0.4, 0.5) is 0 Å². The van der Waals surface area contributed by atoms with Gasteiger partial charge in [-0.15, -0.1) is 0 Å². The average Bonchev–Trinajstić information content (AvgIpc) is 3.23. The van der Waals surface area contributed by atoms with E-state index in [1.165, 1.54) is 0 Å². The van der Waals surface area contributed by atoms with E-state index in [0.717, 1.165) is 42.1 Å². The Balaban J connectivity index is 1.61. The smallest absolute Gasteiger partial charge is 0.255 e. The molecule has 0 bridgehead atoms. The third kappa shape index (κ3) is 2.52. The van der Waals surface area contributed by atoms with Crippen LogP contribution < -0.4 is 9.47 Å². The maximum Gasteiger partial charge on any atom is 0.255 e. The second-order valence-corrected chi connectivity index (χ2v) is 5.96. The number of carbonyl (C=O) groups excluding carboxylic acids is 1. The molecule has 2 aromatic rings. The van der Waals surface area contributed by atoms with E-state index in [-0.39, 0.29) is 18.7 Å². The van der Waals surface area contributed by atoms with Crippen molar-refractivity contribution >= 4 is 5.91 Å². The summed E-state index contributed by atoms with van der Waals surface area (Å²) in [5.74, 6) is 1.57. The number of hydrogen-bond acceptors (Lipinski definition) is 4. The van der Waals surface area contributed by atoms with Crippen LogP contribution in [0.5, 0.6) is 11.5 Å². The van der Waals surface area contributed by atoms with E-state index in [0.29, 0.717) is 5.56 Å². The molecule has 0 saturated carbocycles. The molecule has 118 valence electrons. The molecule has 1 amide bonds. The van der Waals surface area contributed by atoms with Gasteiger partial charge in [0.25, 0.3) is 5.91 Å². The summed E-state index contributed by atoms with van der Waals surface area (Å²) in [6.45, 7) is 2.95. The van der Waals surface area contributed by atoms with Crippen LogP contribution in [0.3, 0.4) is 0 Å². The highest BCUT2D eigenvalue weighted by Crippen LogP contribution is 2.39. The molecule has 0 spiro atoms. The largest absolute Gasteiger partial charge is 0.454 e. The van der Waals surface area contributed by atoms with E-state index < -0.39 is 0 Å². The summed E-state index contributed by atoms with van der Waals surface area (Å²) in [6, 6.07) is 9.74. The number of ether oxygens (including phenoxy) is 2. The first-order chi connectivity index (χ1) is 11.2. The van der Waals surface area contributed by atoms with Gasteiger partial charge < -0.3 is 14.4 Å². The summed E-state index contributed by atoms with van der Waals surface area (Å²) in [4.78, 5) is 19.0. The molecular weight excluding hydrogens is 292 g/mol. The number of pyridine rings is 1. The molecule has 2 aliphatic rings. The topological polar surface area (TPSA) is 51.7 Å². The highest BCUT2D eigenvalue weighted by molar-refractivity contribution is 5.94. The van der Waals surface area contributed by atoms with Crippen LogP contribution in [0, 0.1) is 6.92 Å². The van der Waals surface area contributed by atoms with Crippen LogP contribution >= 0.6 is 0 Å². The second-order valence-electron chi connectivity index (χ2n) is 5.96. The number of fused-ring (bicyclic) bond motifs is 1. The number of rotatable bonds is 2. The van der Waals surface area contributed by atoms with Crippen molar-refractivity contribution in [1.29, 1.82) is 0 Å². The molecule has 4 rings (SSSR count). The Hall–Kier alpha value is -2.56. The first kappa shape index (κ1) is 14.1. The van der Waals surface area contributed by atoms with Crippen molar-refractivity contribution in [2.24, 2.45) is 0 Å². The van der Waals surface area contributed by atoms with Gasteiger partial charge in [0.05, 0.1) is 11.6 Å². The number of likely N-dealkylation sites (tertiary alicyclic amines) is 1. The average molecular weight is 310 g/mol. The van der Waals surface area contributed by atoms with Crippen molar-refractivity contribution in [1.82, 2.24) is 9.88 Å². The number of amides is 1. The second kappa shape index (κ2) is 5.57. The van der Waals surface area contributed by atoms with Crippen molar-refractivity contribution in [2.75, 3.05) is 13.3 Å². The van der Waals surface area contributed by atoms with Gasteiger partial charge in [0.1, 0.15) is 0 Å². The number of benzene rings is 1. The SMILES string of the molecule is Cc1ccc(C(=O)N2CCCC2c2ccc3c(c2)OCO3)cn1. The third-order valence-electron chi connectivity index (χ3n) is 4.45. The molecule has 1 fully saturated rings. The van der Waals surface area contributed by atoms with Crippen LogP contribution in [0.1, 0.15) is 40.5 Å². The van der Waals surface area contributed by atoms with Crippen LogP contribution in [-0.4, -0.2) is 29.1 Å². The van der Waals surface area contributed by atoms with Gasteiger partial charge in [-0.2, -0.15) is 0 Å². The first-order valence-electron chi connectivity index (χ1n) is 7.85. The summed E-state index contributed by atoms with van der Waals surface area (Å²) in [6.07, 6.45) is 3.63. The van der Waals surface area contributed by atoms with Gasteiger partial charge in [0.2, 0.25) is 6.79 Å². The zero-order valence-electron chi connectivity index (χ0n) is 13.0. The lowest BCUT2D eigenvalue weighted by atomic mass is 10.0. The Morgan fingerprint density at radius 1 is 1.22 bits per heavy atom. The molecule has 5 nitrogen and oxygen atoms in total. The molecule has 1 saturated heterocycles. The lowest BCUT2D eigenvalue weighted by molar-refractivity contribution is 0.0735. The molecule has 1 atom stereocenters.